The van der Waals surface area contributed by atoms with E-state index in [4.69, 9.17) is 0 Å². The Morgan fingerprint density at radius 3 is 2.52 bits per heavy atom. The van der Waals surface area contributed by atoms with Gasteiger partial charge in [-0.2, -0.15) is 0 Å². The zero-order chi connectivity index (χ0) is 29.3. The van der Waals surface area contributed by atoms with Crippen LogP contribution in [0, 0.1) is 0 Å². The van der Waals surface area contributed by atoms with Gasteiger partial charge in [0.15, 0.2) is 0 Å². The molecule has 3 aromatic carbocycles. The molecule has 5 aromatic rings. The fourth-order valence-electron chi connectivity index (χ4n) is 4.25. The molecule has 0 aliphatic carbocycles. The van der Waals surface area contributed by atoms with E-state index in [0.29, 0.717) is 23.2 Å². The van der Waals surface area contributed by atoms with Crippen LogP contribution in [-0.4, -0.2) is 32.9 Å². The van der Waals surface area contributed by atoms with Crippen molar-refractivity contribution in [1.29, 1.82) is 0 Å². The molecule has 3 amide bonds. The van der Waals surface area contributed by atoms with Crippen LogP contribution < -0.4 is 16.0 Å². The number of pyridine rings is 1. The van der Waals surface area contributed by atoms with Crippen molar-refractivity contribution in [3.63, 3.8) is 0 Å². The normalized spacial score (nSPS) is 12.0. The molecule has 8 nitrogen and oxygen atoms in total. The van der Waals surface area contributed by atoms with Gasteiger partial charge in [0.1, 0.15) is 5.70 Å². The summed E-state index contributed by atoms with van der Waals surface area (Å²) in [5, 5.41) is 9.34. The van der Waals surface area contributed by atoms with Crippen LogP contribution in [0.2, 0.25) is 0 Å². The first-order chi connectivity index (χ1) is 20.5. The number of nitrogens with zero attached hydrogens (tertiary/aromatic N) is 1. The van der Waals surface area contributed by atoms with E-state index in [1.807, 2.05) is 61.7 Å². The molecule has 0 bridgehead atoms. The van der Waals surface area contributed by atoms with Gasteiger partial charge >= 0.3 is 0 Å². The molecule has 2 aromatic heterocycles. The van der Waals surface area contributed by atoms with E-state index < -0.39 is 11.8 Å². The number of amides is 3. The second-order valence-corrected chi connectivity index (χ2v) is 10.7. The number of thioether (sulfide) groups is 1. The third kappa shape index (κ3) is 7.32. The Morgan fingerprint density at radius 1 is 0.905 bits per heavy atom. The highest BCUT2D eigenvalue weighted by Crippen LogP contribution is 2.29. The zero-order valence-electron chi connectivity index (χ0n) is 22.8. The fourth-order valence-corrected chi connectivity index (χ4v) is 5.26. The monoisotopic (exact) mass is 575 g/mol. The predicted octanol–water partition coefficient (Wildman–Crippen LogP) is 6.48. The summed E-state index contributed by atoms with van der Waals surface area (Å²) in [6.45, 7) is 1.96. The minimum Gasteiger partial charge on any atom is -0.361 e. The molecule has 9 heteroatoms. The number of carbonyl (C=O) groups excluding carboxylic acids is 3. The second-order valence-electron chi connectivity index (χ2n) is 9.43. The first-order valence-corrected chi connectivity index (χ1v) is 14.3. The molecule has 0 saturated heterocycles. The lowest BCUT2D eigenvalue weighted by molar-refractivity contribution is -0.116. The maximum atomic E-state index is 13.4. The first-order valence-electron chi connectivity index (χ1n) is 13.4. The Morgan fingerprint density at radius 2 is 1.74 bits per heavy atom. The van der Waals surface area contributed by atoms with E-state index in [0.717, 1.165) is 21.5 Å². The van der Waals surface area contributed by atoms with Gasteiger partial charge < -0.3 is 20.9 Å². The minimum atomic E-state index is -0.491. The number of aromatic nitrogens is 2. The number of carbonyl (C=O) groups is 3. The average molecular weight is 576 g/mol. The van der Waals surface area contributed by atoms with Crippen molar-refractivity contribution < 1.29 is 14.4 Å². The minimum absolute atomic E-state index is 0.0692. The Kier molecular flexibility index (Phi) is 9.10. The highest BCUT2D eigenvalue weighted by Gasteiger charge is 2.19. The van der Waals surface area contributed by atoms with Crippen molar-refractivity contribution in [3.05, 3.63) is 126 Å². The molecular weight excluding hydrogens is 546 g/mol. The van der Waals surface area contributed by atoms with Gasteiger partial charge in [-0.05, 0) is 78.0 Å². The van der Waals surface area contributed by atoms with Gasteiger partial charge in [-0.25, -0.2) is 0 Å². The van der Waals surface area contributed by atoms with Crippen molar-refractivity contribution in [2.45, 2.75) is 23.5 Å². The summed E-state index contributed by atoms with van der Waals surface area (Å²) >= 11 is 1.42. The largest absolute Gasteiger partial charge is 0.361 e. The number of anilines is 2. The van der Waals surface area contributed by atoms with Gasteiger partial charge in [-0.1, -0.05) is 43.3 Å². The van der Waals surface area contributed by atoms with E-state index in [2.05, 4.69) is 25.9 Å². The summed E-state index contributed by atoms with van der Waals surface area (Å²) in [4.78, 5) is 47.4. The van der Waals surface area contributed by atoms with Crippen LogP contribution in [0.5, 0.6) is 0 Å². The van der Waals surface area contributed by atoms with Gasteiger partial charge in [0, 0.05) is 45.9 Å². The molecule has 0 saturated carbocycles. The summed E-state index contributed by atoms with van der Waals surface area (Å²) in [7, 11) is 0. The molecular formula is C33H29N5O3S. The molecule has 2 heterocycles. The lowest BCUT2D eigenvalue weighted by Crippen LogP contribution is -2.30. The number of hydrogen-bond acceptors (Lipinski definition) is 5. The van der Waals surface area contributed by atoms with Crippen molar-refractivity contribution in [2.75, 3.05) is 10.6 Å². The van der Waals surface area contributed by atoms with Gasteiger partial charge in [0.05, 0.1) is 5.25 Å². The lowest BCUT2D eigenvalue weighted by Gasteiger charge is -2.16. The molecule has 5 rings (SSSR count). The van der Waals surface area contributed by atoms with Gasteiger partial charge in [0.2, 0.25) is 5.91 Å². The Balaban J connectivity index is 1.28. The molecule has 1 atom stereocenters. The van der Waals surface area contributed by atoms with Crippen LogP contribution in [0.4, 0.5) is 11.4 Å². The number of rotatable bonds is 10. The topological polar surface area (TPSA) is 116 Å². The van der Waals surface area contributed by atoms with Crippen LogP contribution in [0.1, 0.15) is 29.3 Å². The van der Waals surface area contributed by atoms with Crippen LogP contribution in [0.15, 0.2) is 120 Å². The van der Waals surface area contributed by atoms with Gasteiger partial charge in [-0.15, -0.1) is 11.8 Å². The van der Waals surface area contributed by atoms with Crippen LogP contribution >= 0.6 is 11.8 Å². The van der Waals surface area contributed by atoms with E-state index in [9.17, 15) is 14.4 Å². The summed E-state index contributed by atoms with van der Waals surface area (Å²) in [6.07, 6.45) is 7.28. The maximum absolute atomic E-state index is 13.4. The molecule has 0 fully saturated rings. The highest BCUT2D eigenvalue weighted by molar-refractivity contribution is 8.00. The fraction of sp³-hybridized carbons (Fsp3) is 0.0909. The van der Waals surface area contributed by atoms with Crippen molar-refractivity contribution in [3.8, 4) is 0 Å². The van der Waals surface area contributed by atoms with Crippen LogP contribution in [-0.2, 0) is 9.59 Å². The summed E-state index contributed by atoms with van der Waals surface area (Å²) in [5.41, 5.74) is 3.36. The number of hydrogen-bond donors (Lipinski definition) is 4. The van der Waals surface area contributed by atoms with Crippen LogP contribution in [0.25, 0.3) is 17.0 Å². The quantitative estimate of drug-likeness (QED) is 0.112. The summed E-state index contributed by atoms with van der Waals surface area (Å²) in [5.74, 6) is -1.000. The first kappa shape index (κ1) is 28.4. The third-order valence-corrected chi connectivity index (χ3v) is 7.74. The predicted molar refractivity (Wildman–Crippen MR) is 168 cm³/mol. The molecule has 42 heavy (non-hydrogen) atoms. The standard InChI is InChI=1S/C33H29N5O3S/c1-2-30(33(41)37-26-14-13-23-15-17-35-28(23)20-26)42-27-12-6-11-25(19-27)36-32(40)29(18-22-8-7-16-34-21-22)38-31(39)24-9-4-3-5-10-24/h3-21,30,35H,2H2,1H3,(H,36,40)(H,37,41)(H,38,39)/b29-18-. The smallest absolute Gasteiger partial charge is 0.272 e. The zero-order valence-corrected chi connectivity index (χ0v) is 23.7. The molecule has 0 aliphatic heterocycles. The molecule has 0 aliphatic rings. The Labute approximate surface area is 247 Å². The molecule has 4 N–H and O–H groups in total. The van der Waals surface area contributed by atoms with Crippen molar-refractivity contribution in [2.24, 2.45) is 0 Å². The Bertz CT molecular complexity index is 1730. The average Bonchev–Trinajstić information content (AvgIpc) is 3.48. The van der Waals surface area contributed by atoms with Crippen molar-refractivity contribution in [1.82, 2.24) is 15.3 Å². The van der Waals surface area contributed by atoms with E-state index in [1.54, 1.807) is 60.9 Å². The van der Waals surface area contributed by atoms with E-state index in [-0.39, 0.29) is 16.9 Å². The van der Waals surface area contributed by atoms with Crippen molar-refractivity contribution >= 4 is 57.8 Å². The summed E-state index contributed by atoms with van der Waals surface area (Å²) < 4.78 is 0. The second kappa shape index (κ2) is 13.5. The number of fused-ring (bicyclic) bond motifs is 1. The maximum Gasteiger partial charge on any atom is 0.272 e. The number of H-pyrrole nitrogens is 1. The van der Waals surface area contributed by atoms with Gasteiger partial charge in [0.25, 0.3) is 11.8 Å². The number of benzene rings is 3. The number of aromatic amines is 1. The third-order valence-electron chi connectivity index (χ3n) is 6.38. The SMILES string of the molecule is CCC(Sc1cccc(NC(=O)/C(=C/c2cccnc2)NC(=O)c2ccccc2)c1)C(=O)Nc1ccc2cc[nH]c2c1. The van der Waals surface area contributed by atoms with Crippen LogP contribution in [0.3, 0.4) is 0 Å². The highest BCUT2D eigenvalue weighted by atomic mass is 32.2. The molecule has 0 radical (unpaired) electrons. The molecule has 0 spiro atoms. The lowest BCUT2D eigenvalue weighted by atomic mass is 10.2. The molecule has 210 valence electrons. The van der Waals surface area contributed by atoms with E-state index >= 15 is 0 Å². The van der Waals surface area contributed by atoms with Gasteiger partial charge in [-0.3, -0.25) is 19.4 Å². The molecule has 1 unspecified atom stereocenters. The summed E-state index contributed by atoms with van der Waals surface area (Å²) in [6, 6.07) is 27.2. The van der Waals surface area contributed by atoms with E-state index in [1.165, 1.54) is 11.8 Å². The Hall–Kier alpha value is -5.15. The number of nitrogens with one attached hydrogen (secondary N) is 4.